The molecule has 0 unspecified atom stereocenters. The van der Waals surface area contributed by atoms with Crippen molar-refractivity contribution < 1.29 is 9.90 Å². The summed E-state index contributed by atoms with van der Waals surface area (Å²) in [5.74, 6) is -0.192. The number of carbonyl (C=O) groups is 1. The number of phenolic OH excluding ortho intramolecular Hbond substituents is 1. The van der Waals surface area contributed by atoms with Gasteiger partial charge in [0.15, 0.2) is 5.78 Å². The number of hydrogen-bond donors (Lipinski definition) is 1. The van der Waals surface area contributed by atoms with Crippen molar-refractivity contribution in [1.29, 1.82) is 5.26 Å². The molecule has 1 aromatic carbocycles. The molecule has 0 aliphatic carbocycles. The quantitative estimate of drug-likeness (QED) is 0.497. The second-order valence-corrected chi connectivity index (χ2v) is 4.24. The summed E-state index contributed by atoms with van der Waals surface area (Å²) in [4.78, 5) is 11.3. The average Bonchev–Trinajstić information content (AvgIpc) is 2.20. The summed E-state index contributed by atoms with van der Waals surface area (Å²) in [5, 5.41) is 18.3. The van der Waals surface area contributed by atoms with Crippen molar-refractivity contribution in [2.24, 2.45) is 0 Å². The molecule has 0 aliphatic heterocycles. The molecule has 0 heterocycles. The molecule has 0 aromatic heterocycles. The highest BCUT2D eigenvalue weighted by Gasteiger charge is 2.13. The molecule has 1 rings (SSSR count). The average molecular weight is 366 g/mol. The Morgan fingerprint density at radius 3 is 2.79 bits per heavy atom. The number of rotatable bonds is 2. The van der Waals surface area contributed by atoms with Crippen LogP contribution in [0.2, 0.25) is 0 Å². The molecule has 1 N–H and O–H groups in total. The van der Waals surface area contributed by atoms with Crippen molar-refractivity contribution in [3.05, 3.63) is 26.8 Å². The Bertz CT molecular complexity index is 426. The van der Waals surface area contributed by atoms with Crippen LogP contribution in [0.1, 0.15) is 15.9 Å². The van der Waals surface area contributed by atoms with Crippen LogP contribution >= 0.6 is 38.5 Å². The number of benzene rings is 1. The predicted octanol–water partition coefficient (Wildman–Crippen LogP) is 2.45. The molecule has 3 nitrogen and oxygen atoms in total. The van der Waals surface area contributed by atoms with Gasteiger partial charge in [0.05, 0.1) is 20.5 Å². The van der Waals surface area contributed by atoms with E-state index in [-0.39, 0.29) is 28.0 Å². The van der Waals surface area contributed by atoms with Crippen LogP contribution in [-0.2, 0) is 0 Å². The maximum absolute atomic E-state index is 11.3. The molecule has 0 aliphatic rings. The lowest BCUT2D eigenvalue weighted by Crippen LogP contribution is -2.03. The van der Waals surface area contributed by atoms with Crippen LogP contribution in [0.3, 0.4) is 0 Å². The fourth-order valence-corrected chi connectivity index (χ4v) is 1.73. The SMILES string of the molecule is N#Cc1cc(I)c(O)cc1C(=O)CBr. The molecule has 0 saturated heterocycles. The lowest BCUT2D eigenvalue weighted by atomic mass is 10.1. The van der Waals surface area contributed by atoms with Gasteiger partial charge in [0.25, 0.3) is 0 Å². The number of carbonyl (C=O) groups excluding carboxylic acids is 1. The normalized spacial score (nSPS) is 9.50. The third-order valence-corrected chi connectivity index (χ3v) is 3.00. The lowest BCUT2D eigenvalue weighted by molar-refractivity contribution is 0.102. The van der Waals surface area contributed by atoms with Crippen LogP contribution in [0.5, 0.6) is 5.75 Å². The van der Waals surface area contributed by atoms with Crippen LogP contribution in [-0.4, -0.2) is 16.2 Å². The molecule has 0 radical (unpaired) electrons. The minimum absolute atomic E-state index is 0.0221. The van der Waals surface area contributed by atoms with E-state index < -0.39 is 0 Å². The molecule has 0 saturated carbocycles. The number of hydrogen-bond acceptors (Lipinski definition) is 3. The van der Waals surface area contributed by atoms with E-state index in [1.54, 1.807) is 0 Å². The molecule has 5 heteroatoms. The molecular formula is C9H5BrINO2. The number of halogens is 2. The van der Waals surface area contributed by atoms with E-state index in [4.69, 9.17) is 5.26 Å². The van der Waals surface area contributed by atoms with Gasteiger partial charge in [0, 0.05) is 5.56 Å². The van der Waals surface area contributed by atoms with Gasteiger partial charge in [-0.3, -0.25) is 4.79 Å². The minimum Gasteiger partial charge on any atom is -0.507 e. The van der Waals surface area contributed by atoms with Crippen LogP contribution in [0.25, 0.3) is 0 Å². The summed E-state index contributed by atoms with van der Waals surface area (Å²) >= 11 is 4.92. The molecule has 14 heavy (non-hydrogen) atoms. The zero-order chi connectivity index (χ0) is 10.7. The Hall–Kier alpha value is -0.610. The molecule has 0 bridgehead atoms. The van der Waals surface area contributed by atoms with E-state index in [9.17, 15) is 9.90 Å². The first kappa shape index (κ1) is 11.5. The van der Waals surface area contributed by atoms with Gasteiger partial charge in [-0.25, -0.2) is 0 Å². The smallest absolute Gasteiger partial charge is 0.174 e. The highest BCUT2D eigenvalue weighted by molar-refractivity contribution is 14.1. The van der Waals surface area contributed by atoms with E-state index in [1.165, 1.54) is 12.1 Å². The number of nitrogens with zero attached hydrogens (tertiary/aromatic N) is 1. The second kappa shape index (κ2) is 4.75. The van der Waals surface area contributed by atoms with Crippen molar-refractivity contribution in [2.75, 3.05) is 5.33 Å². The molecule has 0 fully saturated rings. The van der Waals surface area contributed by atoms with Gasteiger partial charge in [-0.2, -0.15) is 5.26 Å². The van der Waals surface area contributed by atoms with Crippen LogP contribution in [0.4, 0.5) is 0 Å². The highest BCUT2D eigenvalue weighted by atomic mass is 127. The number of phenols is 1. The van der Waals surface area contributed by atoms with Crippen molar-refractivity contribution in [3.8, 4) is 11.8 Å². The third-order valence-electron chi connectivity index (χ3n) is 1.63. The summed E-state index contributed by atoms with van der Waals surface area (Å²) in [7, 11) is 0. The third kappa shape index (κ3) is 2.25. The van der Waals surface area contributed by atoms with E-state index in [0.29, 0.717) is 3.57 Å². The Morgan fingerprint density at radius 1 is 1.64 bits per heavy atom. The summed E-state index contributed by atoms with van der Waals surface area (Å²) in [6.45, 7) is 0. The summed E-state index contributed by atoms with van der Waals surface area (Å²) < 4.78 is 0.560. The van der Waals surface area contributed by atoms with Crippen molar-refractivity contribution in [1.82, 2.24) is 0 Å². The molecule has 0 atom stereocenters. The van der Waals surface area contributed by atoms with Crippen molar-refractivity contribution in [3.63, 3.8) is 0 Å². The van der Waals surface area contributed by atoms with Crippen LogP contribution in [0.15, 0.2) is 12.1 Å². The standard InChI is InChI=1S/C9H5BrINO2/c10-3-9(14)6-2-8(13)7(11)1-5(6)4-12/h1-2,13H,3H2. The van der Waals surface area contributed by atoms with E-state index in [0.717, 1.165) is 0 Å². The molecule has 0 amide bonds. The predicted molar refractivity (Wildman–Crippen MR) is 63.7 cm³/mol. The fourth-order valence-electron chi connectivity index (χ4n) is 0.957. The fraction of sp³-hybridized carbons (Fsp3) is 0.111. The first-order valence-corrected chi connectivity index (χ1v) is 5.82. The Labute approximate surface area is 103 Å². The van der Waals surface area contributed by atoms with Gasteiger partial charge in [0.2, 0.25) is 0 Å². The Balaban J connectivity index is 3.36. The lowest BCUT2D eigenvalue weighted by Gasteiger charge is -2.03. The molecule has 72 valence electrons. The highest BCUT2D eigenvalue weighted by Crippen LogP contribution is 2.24. The number of Topliss-reactive ketones (excluding diaryl/α,β-unsaturated/α-hetero) is 1. The van der Waals surface area contributed by atoms with E-state index in [1.807, 2.05) is 28.7 Å². The Morgan fingerprint density at radius 2 is 2.29 bits per heavy atom. The summed E-state index contributed by atoms with van der Waals surface area (Å²) in [6, 6.07) is 4.74. The molecular weight excluding hydrogens is 361 g/mol. The van der Waals surface area contributed by atoms with Crippen molar-refractivity contribution in [2.45, 2.75) is 0 Å². The second-order valence-electron chi connectivity index (χ2n) is 2.52. The van der Waals surface area contributed by atoms with E-state index in [2.05, 4.69) is 15.9 Å². The van der Waals surface area contributed by atoms with Gasteiger partial charge in [0.1, 0.15) is 5.75 Å². The zero-order valence-electron chi connectivity index (χ0n) is 6.92. The van der Waals surface area contributed by atoms with Gasteiger partial charge in [-0.1, -0.05) is 15.9 Å². The maximum atomic E-state index is 11.3. The first-order chi connectivity index (χ1) is 6.60. The Kier molecular flexibility index (Phi) is 3.89. The molecule has 0 spiro atoms. The van der Waals surface area contributed by atoms with Gasteiger partial charge < -0.3 is 5.11 Å². The number of aromatic hydroxyl groups is 1. The first-order valence-electron chi connectivity index (χ1n) is 3.62. The molecule has 1 aromatic rings. The van der Waals surface area contributed by atoms with E-state index >= 15 is 0 Å². The monoisotopic (exact) mass is 365 g/mol. The maximum Gasteiger partial charge on any atom is 0.174 e. The topological polar surface area (TPSA) is 61.1 Å². The van der Waals surface area contributed by atoms with Crippen molar-refractivity contribution >= 4 is 44.3 Å². The summed E-state index contributed by atoms with van der Waals surface area (Å²) in [6.07, 6.45) is 0. The van der Waals surface area contributed by atoms with Crippen LogP contribution < -0.4 is 0 Å². The number of ketones is 1. The van der Waals surface area contributed by atoms with Gasteiger partial charge in [-0.15, -0.1) is 0 Å². The largest absolute Gasteiger partial charge is 0.507 e. The minimum atomic E-state index is -0.215. The van der Waals surface area contributed by atoms with Crippen LogP contribution in [0, 0.1) is 14.9 Å². The van der Waals surface area contributed by atoms with Gasteiger partial charge in [-0.05, 0) is 34.7 Å². The zero-order valence-corrected chi connectivity index (χ0v) is 10.7. The van der Waals surface area contributed by atoms with Gasteiger partial charge >= 0.3 is 0 Å². The number of nitriles is 1. The summed E-state index contributed by atoms with van der Waals surface area (Å²) in [5.41, 5.74) is 0.541. The number of alkyl halides is 1.